The molecule has 0 atom stereocenters. The Morgan fingerprint density at radius 3 is 2.56 bits per heavy atom. The fourth-order valence-electron chi connectivity index (χ4n) is 1.71. The fraction of sp³-hybridized carbons (Fsp3) is 0.267. The third-order valence-corrected chi connectivity index (χ3v) is 2.54. The summed E-state index contributed by atoms with van der Waals surface area (Å²) in [5.41, 5.74) is 3.67. The van der Waals surface area contributed by atoms with Gasteiger partial charge in [-0.1, -0.05) is 30.3 Å². The van der Waals surface area contributed by atoms with Crippen LogP contribution in [0, 0.1) is 0 Å². The third-order valence-electron chi connectivity index (χ3n) is 2.54. The molecule has 0 aromatic heterocycles. The molecule has 0 spiro atoms. The molecule has 2 rings (SSSR count). The highest BCUT2D eigenvalue weighted by atomic mass is 16.3. The van der Waals surface area contributed by atoms with E-state index in [2.05, 4.69) is 10.5 Å². The average Bonchev–Trinajstić information content (AvgIpc) is 2.31. The Morgan fingerprint density at radius 2 is 1.83 bits per heavy atom. The van der Waals surface area contributed by atoms with Crippen LogP contribution in [0.15, 0.2) is 41.5 Å². The number of phenolic OH excluding ortho intramolecular Hbond substituents is 1. The summed E-state index contributed by atoms with van der Waals surface area (Å²) < 4.78 is 0. The smallest absolute Gasteiger partial charge is 0.125 e. The van der Waals surface area contributed by atoms with E-state index < -0.39 is 0 Å². The summed E-state index contributed by atoms with van der Waals surface area (Å²) in [6.07, 6.45) is 1.67. The SMILES string of the molecule is CC(C)(C)N/N=C/c1c(O)ccc2ccccc12. The molecule has 0 aliphatic carbocycles. The van der Waals surface area contributed by atoms with E-state index in [1.807, 2.05) is 51.1 Å². The largest absolute Gasteiger partial charge is 0.507 e. The van der Waals surface area contributed by atoms with Crippen LogP contribution >= 0.6 is 0 Å². The second-order valence-corrected chi connectivity index (χ2v) is 5.34. The fourth-order valence-corrected chi connectivity index (χ4v) is 1.71. The van der Waals surface area contributed by atoms with E-state index in [4.69, 9.17) is 0 Å². The summed E-state index contributed by atoms with van der Waals surface area (Å²) >= 11 is 0. The lowest BCUT2D eigenvalue weighted by atomic mass is 10.0. The summed E-state index contributed by atoms with van der Waals surface area (Å²) in [7, 11) is 0. The molecule has 2 N–H and O–H groups in total. The van der Waals surface area contributed by atoms with Crippen molar-refractivity contribution in [2.24, 2.45) is 5.10 Å². The summed E-state index contributed by atoms with van der Waals surface area (Å²) in [5.74, 6) is 0.244. The van der Waals surface area contributed by atoms with Crippen LogP contribution in [-0.2, 0) is 0 Å². The van der Waals surface area contributed by atoms with Gasteiger partial charge in [-0.25, -0.2) is 0 Å². The van der Waals surface area contributed by atoms with E-state index in [1.165, 1.54) is 0 Å². The van der Waals surface area contributed by atoms with E-state index in [-0.39, 0.29) is 11.3 Å². The third kappa shape index (κ3) is 2.80. The van der Waals surface area contributed by atoms with Crippen molar-refractivity contribution in [3.63, 3.8) is 0 Å². The number of fused-ring (bicyclic) bond motifs is 1. The maximum Gasteiger partial charge on any atom is 0.125 e. The minimum Gasteiger partial charge on any atom is -0.507 e. The lowest BCUT2D eigenvalue weighted by Gasteiger charge is -2.17. The normalized spacial score (nSPS) is 12.2. The number of aromatic hydroxyl groups is 1. The van der Waals surface area contributed by atoms with Crippen molar-refractivity contribution >= 4 is 17.0 Å². The molecule has 0 radical (unpaired) electrons. The molecule has 0 amide bonds. The van der Waals surface area contributed by atoms with E-state index in [0.29, 0.717) is 0 Å². The zero-order valence-corrected chi connectivity index (χ0v) is 10.9. The van der Waals surface area contributed by atoms with Gasteiger partial charge in [0.1, 0.15) is 5.75 Å². The minimum atomic E-state index is -0.0866. The first-order valence-corrected chi connectivity index (χ1v) is 5.98. The Kier molecular flexibility index (Phi) is 3.24. The number of rotatable bonds is 2. The molecule has 3 heteroatoms. The van der Waals surface area contributed by atoms with Gasteiger partial charge < -0.3 is 10.5 Å². The summed E-state index contributed by atoms with van der Waals surface area (Å²) in [6.45, 7) is 6.11. The van der Waals surface area contributed by atoms with E-state index in [0.717, 1.165) is 16.3 Å². The summed E-state index contributed by atoms with van der Waals surface area (Å²) in [6, 6.07) is 11.5. The van der Waals surface area contributed by atoms with Crippen LogP contribution < -0.4 is 5.43 Å². The van der Waals surface area contributed by atoms with Crippen LogP contribution in [-0.4, -0.2) is 16.9 Å². The average molecular weight is 242 g/mol. The van der Waals surface area contributed by atoms with Crippen molar-refractivity contribution in [3.8, 4) is 5.75 Å². The highest BCUT2D eigenvalue weighted by Crippen LogP contribution is 2.25. The second kappa shape index (κ2) is 4.69. The first kappa shape index (κ1) is 12.4. The molecular weight excluding hydrogens is 224 g/mol. The topological polar surface area (TPSA) is 44.6 Å². The maximum absolute atomic E-state index is 9.92. The molecule has 94 valence electrons. The Bertz CT molecular complexity index is 583. The van der Waals surface area contributed by atoms with Gasteiger partial charge in [-0.3, -0.25) is 0 Å². The number of nitrogens with one attached hydrogen (secondary N) is 1. The number of nitrogens with zero attached hydrogens (tertiary/aromatic N) is 1. The van der Waals surface area contributed by atoms with E-state index in [9.17, 15) is 5.11 Å². The Balaban J connectivity index is 2.40. The molecule has 3 nitrogen and oxygen atoms in total. The number of benzene rings is 2. The van der Waals surface area contributed by atoms with Crippen LogP contribution in [0.3, 0.4) is 0 Å². The highest BCUT2D eigenvalue weighted by molar-refractivity contribution is 6.02. The number of phenols is 1. The maximum atomic E-state index is 9.92. The standard InChI is InChI=1S/C15H18N2O/c1-15(2,3)17-16-10-13-12-7-5-4-6-11(12)8-9-14(13)18/h4-10,17-18H,1-3H3/b16-10+. The summed E-state index contributed by atoms with van der Waals surface area (Å²) in [5, 5.41) is 16.2. The first-order valence-electron chi connectivity index (χ1n) is 5.98. The molecule has 0 bridgehead atoms. The van der Waals surface area contributed by atoms with Crippen molar-refractivity contribution in [1.82, 2.24) is 5.43 Å². The molecule has 0 heterocycles. The van der Waals surface area contributed by atoms with Gasteiger partial charge in [0.05, 0.1) is 6.21 Å². The van der Waals surface area contributed by atoms with Crippen molar-refractivity contribution in [2.45, 2.75) is 26.3 Å². The van der Waals surface area contributed by atoms with Gasteiger partial charge in [-0.05, 0) is 37.6 Å². The summed E-state index contributed by atoms with van der Waals surface area (Å²) in [4.78, 5) is 0. The van der Waals surface area contributed by atoms with Gasteiger partial charge in [0, 0.05) is 11.1 Å². The van der Waals surface area contributed by atoms with Gasteiger partial charge in [0.25, 0.3) is 0 Å². The van der Waals surface area contributed by atoms with Crippen LogP contribution in [0.25, 0.3) is 10.8 Å². The zero-order valence-electron chi connectivity index (χ0n) is 10.9. The quantitative estimate of drug-likeness (QED) is 0.627. The van der Waals surface area contributed by atoms with Gasteiger partial charge in [0.2, 0.25) is 0 Å². The number of hydrazone groups is 1. The Hall–Kier alpha value is -2.03. The lowest BCUT2D eigenvalue weighted by Crippen LogP contribution is -2.31. The predicted molar refractivity (Wildman–Crippen MR) is 76.1 cm³/mol. The van der Waals surface area contributed by atoms with Crippen LogP contribution in [0.4, 0.5) is 0 Å². The van der Waals surface area contributed by atoms with Crippen LogP contribution in [0.1, 0.15) is 26.3 Å². The lowest BCUT2D eigenvalue weighted by molar-refractivity contribution is 0.441. The number of hydrogen-bond acceptors (Lipinski definition) is 3. The van der Waals surface area contributed by atoms with Gasteiger partial charge >= 0.3 is 0 Å². The Morgan fingerprint density at radius 1 is 1.11 bits per heavy atom. The molecular formula is C15H18N2O. The van der Waals surface area contributed by atoms with Crippen molar-refractivity contribution in [2.75, 3.05) is 0 Å². The van der Waals surface area contributed by atoms with Crippen LogP contribution in [0.5, 0.6) is 5.75 Å². The van der Waals surface area contributed by atoms with E-state index in [1.54, 1.807) is 12.3 Å². The Labute approximate surface area is 107 Å². The van der Waals surface area contributed by atoms with E-state index >= 15 is 0 Å². The second-order valence-electron chi connectivity index (χ2n) is 5.34. The molecule has 0 aliphatic rings. The molecule has 18 heavy (non-hydrogen) atoms. The highest BCUT2D eigenvalue weighted by Gasteiger charge is 2.07. The number of hydrogen-bond donors (Lipinski definition) is 2. The van der Waals surface area contributed by atoms with Gasteiger partial charge in [-0.15, -0.1) is 0 Å². The predicted octanol–water partition coefficient (Wildman–Crippen LogP) is 3.27. The molecule has 2 aromatic rings. The van der Waals surface area contributed by atoms with Crippen molar-refractivity contribution in [3.05, 3.63) is 42.0 Å². The minimum absolute atomic E-state index is 0.0866. The molecule has 0 saturated heterocycles. The molecule has 0 fully saturated rings. The molecule has 0 unspecified atom stereocenters. The van der Waals surface area contributed by atoms with Gasteiger partial charge in [-0.2, -0.15) is 5.10 Å². The van der Waals surface area contributed by atoms with Crippen LogP contribution in [0.2, 0.25) is 0 Å². The van der Waals surface area contributed by atoms with Crippen molar-refractivity contribution < 1.29 is 5.11 Å². The van der Waals surface area contributed by atoms with Gasteiger partial charge in [0.15, 0.2) is 0 Å². The molecule has 2 aromatic carbocycles. The first-order chi connectivity index (χ1) is 8.47. The molecule has 0 aliphatic heterocycles. The molecule has 0 saturated carbocycles. The van der Waals surface area contributed by atoms with Crippen molar-refractivity contribution in [1.29, 1.82) is 0 Å². The zero-order chi connectivity index (χ0) is 13.2. The monoisotopic (exact) mass is 242 g/mol.